The highest BCUT2D eigenvalue weighted by Crippen LogP contribution is 2.36. The quantitative estimate of drug-likeness (QED) is 0.514. The molecule has 0 bridgehead atoms. The Morgan fingerprint density at radius 1 is 1.03 bits per heavy atom. The van der Waals surface area contributed by atoms with Crippen LogP contribution in [0.15, 0.2) is 54.7 Å². The van der Waals surface area contributed by atoms with Crippen LogP contribution in [0.1, 0.15) is 24.5 Å². The number of halogens is 3. The Bertz CT molecular complexity index is 973. The molecule has 158 valence electrons. The molecule has 0 saturated carbocycles. The SMILES string of the molecule is CCCc1ccc(N(C)c2ncc(C(F)(F)F)c(Nc3ccc(OC)cc3)n2)cc1. The molecule has 0 saturated heterocycles. The largest absolute Gasteiger partial charge is 0.497 e. The Morgan fingerprint density at radius 3 is 2.27 bits per heavy atom. The number of hydrogen-bond donors (Lipinski definition) is 1. The van der Waals surface area contributed by atoms with E-state index in [9.17, 15) is 13.2 Å². The minimum atomic E-state index is -4.59. The van der Waals surface area contributed by atoms with Crippen LogP contribution in [0, 0.1) is 0 Å². The summed E-state index contributed by atoms with van der Waals surface area (Å²) in [6, 6.07) is 14.4. The number of anilines is 4. The highest BCUT2D eigenvalue weighted by atomic mass is 19.4. The predicted octanol–water partition coefficient (Wildman–Crippen LogP) is 5.97. The van der Waals surface area contributed by atoms with Crippen LogP contribution in [0.4, 0.5) is 36.3 Å². The Balaban J connectivity index is 1.92. The molecule has 0 unspecified atom stereocenters. The fourth-order valence-corrected chi connectivity index (χ4v) is 2.94. The first-order chi connectivity index (χ1) is 14.3. The molecule has 0 aliphatic heterocycles. The second-order valence-corrected chi connectivity index (χ2v) is 6.76. The van der Waals surface area contributed by atoms with E-state index in [4.69, 9.17) is 4.74 Å². The summed E-state index contributed by atoms with van der Waals surface area (Å²) < 4.78 is 45.5. The van der Waals surface area contributed by atoms with Gasteiger partial charge in [-0.3, -0.25) is 0 Å². The fraction of sp³-hybridized carbons (Fsp3) is 0.273. The van der Waals surface area contributed by atoms with Gasteiger partial charge >= 0.3 is 6.18 Å². The number of methoxy groups -OCH3 is 1. The average Bonchev–Trinajstić information content (AvgIpc) is 2.74. The van der Waals surface area contributed by atoms with Gasteiger partial charge in [0, 0.05) is 24.6 Å². The number of aryl methyl sites for hydroxylation is 1. The third-order valence-corrected chi connectivity index (χ3v) is 4.60. The van der Waals surface area contributed by atoms with Crippen LogP contribution in [0.25, 0.3) is 0 Å². The number of hydrogen-bond acceptors (Lipinski definition) is 5. The number of rotatable bonds is 7. The number of nitrogens with one attached hydrogen (secondary N) is 1. The predicted molar refractivity (Wildman–Crippen MR) is 112 cm³/mol. The maximum atomic E-state index is 13.5. The number of aromatic nitrogens is 2. The van der Waals surface area contributed by atoms with Gasteiger partial charge in [-0.1, -0.05) is 25.5 Å². The van der Waals surface area contributed by atoms with Gasteiger partial charge < -0.3 is 15.0 Å². The van der Waals surface area contributed by atoms with Crippen molar-refractivity contribution in [3.8, 4) is 5.75 Å². The molecular weight excluding hydrogens is 393 g/mol. The lowest BCUT2D eigenvalue weighted by Crippen LogP contribution is -2.17. The first-order valence-electron chi connectivity index (χ1n) is 9.49. The van der Waals surface area contributed by atoms with E-state index in [-0.39, 0.29) is 11.8 Å². The standard InChI is InChI=1S/C22H23F3N4O/c1-4-5-15-6-10-17(11-7-15)29(2)21-26-14-19(22(23,24)25)20(28-21)27-16-8-12-18(30-3)13-9-16/h6-14H,4-5H2,1-3H3,(H,26,27,28). The summed E-state index contributed by atoms with van der Waals surface area (Å²) in [6.07, 6.45) is -1.78. The van der Waals surface area contributed by atoms with E-state index < -0.39 is 11.7 Å². The molecule has 8 heteroatoms. The van der Waals surface area contributed by atoms with Gasteiger partial charge in [-0.2, -0.15) is 18.2 Å². The van der Waals surface area contributed by atoms with E-state index in [1.165, 1.54) is 12.7 Å². The summed E-state index contributed by atoms with van der Waals surface area (Å²) in [4.78, 5) is 9.76. The van der Waals surface area contributed by atoms with Crippen LogP contribution in [0.2, 0.25) is 0 Å². The first kappa shape index (κ1) is 21.4. The summed E-state index contributed by atoms with van der Waals surface area (Å²) in [7, 11) is 3.24. The van der Waals surface area contributed by atoms with Crippen LogP contribution >= 0.6 is 0 Å². The zero-order valence-corrected chi connectivity index (χ0v) is 17.0. The lowest BCUT2D eigenvalue weighted by molar-refractivity contribution is -0.137. The van der Waals surface area contributed by atoms with E-state index in [2.05, 4.69) is 22.2 Å². The third-order valence-electron chi connectivity index (χ3n) is 4.60. The minimum absolute atomic E-state index is 0.155. The molecule has 0 fully saturated rings. The van der Waals surface area contributed by atoms with Crippen LogP contribution in [-0.2, 0) is 12.6 Å². The smallest absolute Gasteiger partial charge is 0.421 e. The van der Waals surface area contributed by atoms with Crippen molar-refractivity contribution < 1.29 is 17.9 Å². The molecule has 0 aliphatic carbocycles. The second-order valence-electron chi connectivity index (χ2n) is 6.76. The molecule has 5 nitrogen and oxygen atoms in total. The molecule has 30 heavy (non-hydrogen) atoms. The number of benzene rings is 2. The molecule has 1 heterocycles. The summed E-state index contributed by atoms with van der Waals surface area (Å²) in [5, 5.41) is 2.75. The average molecular weight is 416 g/mol. The van der Waals surface area contributed by atoms with Crippen molar-refractivity contribution >= 4 is 23.1 Å². The fourth-order valence-electron chi connectivity index (χ4n) is 2.94. The molecule has 2 aromatic carbocycles. The Morgan fingerprint density at radius 2 is 1.70 bits per heavy atom. The molecule has 0 spiro atoms. The maximum absolute atomic E-state index is 13.5. The molecule has 1 N–H and O–H groups in total. The van der Waals surface area contributed by atoms with Crippen molar-refractivity contribution in [3.05, 3.63) is 65.9 Å². The summed E-state index contributed by atoms with van der Waals surface area (Å²) in [6.45, 7) is 2.10. The van der Waals surface area contributed by atoms with Crippen molar-refractivity contribution in [2.45, 2.75) is 25.9 Å². The summed E-state index contributed by atoms with van der Waals surface area (Å²) in [5.74, 6) is 0.445. The van der Waals surface area contributed by atoms with E-state index in [0.29, 0.717) is 11.4 Å². The monoisotopic (exact) mass is 416 g/mol. The van der Waals surface area contributed by atoms with Crippen LogP contribution in [0.5, 0.6) is 5.75 Å². The lowest BCUT2D eigenvalue weighted by atomic mass is 10.1. The number of nitrogens with zero attached hydrogens (tertiary/aromatic N) is 3. The van der Waals surface area contributed by atoms with Gasteiger partial charge in [0.15, 0.2) is 0 Å². The number of ether oxygens (including phenoxy) is 1. The Kier molecular flexibility index (Phi) is 6.44. The lowest BCUT2D eigenvalue weighted by Gasteiger charge is -2.20. The molecule has 0 amide bonds. The van der Waals surface area contributed by atoms with Crippen molar-refractivity contribution in [1.82, 2.24) is 9.97 Å². The third kappa shape index (κ3) is 5.00. The highest BCUT2D eigenvalue weighted by molar-refractivity contribution is 5.64. The van der Waals surface area contributed by atoms with Crippen LogP contribution in [-0.4, -0.2) is 24.1 Å². The molecule has 0 atom stereocenters. The first-order valence-corrected chi connectivity index (χ1v) is 9.49. The van der Waals surface area contributed by atoms with Crippen molar-refractivity contribution in [1.29, 1.82) is 0 Å². The van der Waals surface area contributed by atoms with E-state index in [0.717, 1.165) is 24.7 Å². The van der Waals surface area contributed by atoms with Crippen molar-refractivity contribution in [2.75, 3.05) is 24.4 Å². The van der Waals surface area contributed by atoms with Crippen molar-refractivity contribution in [2.24, 2.45) is 0 Å². The zero-order chi connectivity index (χ0) is 21.7. The van der Waals surface area contributed by atoms with Gasteiger partial charge in [0.05, 0.1) is 7.11 Å². The number of alkyl halides is 3. The molecule has 3 aromatic rings. The molecule has 0 radical (unpaired) electrons. The van der Waals surface area contributed by atoms with Gasteiger partial charge in [0.2, 0.25) is 5.95 Å². The van der Waals surface area contributed by atoms with E-state index >= 15 is 0 Å². The Hall–Kier alpha value is -3.29. The van der Waals surface area contributed by atoms with Gasteiger partial charge in [-0.05, 0) is 48.4 Å². The van der Waals surface area contributed by atoms with E-state index in [1.54, 1.807) is 36.2 Å². The van der Waals surface area contributed by atoms with Crippen LogP contribution < -0.4 is 15.0 Å². The van der Waals surface area contributed by atoms with Gasteiger partial charge in [-0.15, -0.1) is 0 Å². The zero-order valence-electron chi connectivity index (χ0n) is 17.0. The highest BCUT2D eigenvalue weighted by Gasteiger charge is 2.35. The van der Waals surface area contributed by atoms with Gasteiger partial charge in [-0.25, -0.2) is 4.98 Å². The van der Waals surface area contributed by atoms with Crippen molar-refractivity contribution in [3.63, 3.8) is 0 Å². The molecular formula is C22H23F3N4O. The van der Waals surface area contributed by atoms with Gasteiger partial charge in [0.25, 0.3) is 0 Å². The maximum Gasteiger partial charge on any atom is 0.421 e. The van der Waals surface area contributed by atoms with E-state index in [1.807, 2.05) is 24.3 Å². The molecule has 3 rings (SSSR count). The van der Waals surface area contributed by atoms with Gasteiger partial charge in [0.1, 0.15) is 17.1 Å². The minimum Gasteiger partial charge on any atom is -0.497 e. The molecule has 0 aliphatic rings. The molecule has 1 aromatic heterocycles. The second kappa shape index (κ2) is 9.02. The van der Waals surface area contributed by atoms with Crippen LogP contribution in [0.3, 0.4) is 0 Å². The topological polar surface area (TPSA) is 50.3 Å². The normalized spacial score (nSPS) is 11.3. The Labute approximate surface area is 173 Å². The summed E-state index contributed by atoms with van der Waals surface area (Å²) >= 11 is 0. The summed E-state index contributed by atoms with van der Waals surface area (Å²) in [5.41, 5.74) is 1.50.